The summed E-state index contributed by atoms with van der Waals surface area (Å²) in [5.41, 5.74) is 0. The maximum absolute atomic E-state index is 11.7. The van der Waals surface area contributed by atoms with Gasteiger partial charge in [-0.15, -0.1) is 0 Å². The molecule has 0 aromatic carbocycles. The van der Waals surface area contributed by atoms with Gasteiger partial charge in [0.2, 0.25) is 5.91 Å². The van der Waals surface area contributed by atoms with E-state index in [0.29, 0.717) is 26.3 Å². The van der Waals surface area contributed by atoms with Crippen LogP contribution in [0.5, 0.6) is 0 Å². The van der Waals surface area contributed by atoms with Gasteiger partial charge in [-0.1, -0.05) is 0 Å². The van der Waals surface area contributed by atoms with Crippen LogP contribution in [-0.2, 0) is 14.3 Å². The topological polar surface area (TPSA) is 128 Å². The fourth-order valence-electron chi connectivity index (χ4n) is 1.65. The third-order valence-electron chi connectivity index (χ3n) is 2.77. The number of aliphatic carboxylic acids is 1. The highest BCUT2D eigenvalue weighted by Gasteiger charge is 2.19. The average molecular weight is 289 g/mol. The van der Waals surface area contributed by atoms with Crippen LogP contribution in [0.4, 0.5) is 4.79 Å². The number of carbonyl (C=O) groups is 3. The number of aliphatic hydroxyl groups excluding tert-OH is 1. The number of amides is 3. The van der Waals surface area contributed by atoms with Crippen molar-refractivity contribution in [2.75, 3.05) is 39.5 Å². The van der Waals surface area contributed by atoms with Crippen LogP contribution in [0.3, 0.4) is 0 Å². The van der Waals surface area contributed by atoms with Gasteiger partial charge in [0.05, 0.1) is 19.8 Å². The summed E-state index contributed by atoms with van der Waals surface area (Å²) in [6.07, 6.45) is 0.129. The van der Waals surface area contributed by atoms with Crippen molar-refractivity contribution in [3.63, 3.8) is 0 Å². The van der Waals surface area contributed by atoms with Gasteiger partial charge in [-0.05, 0) is 0 Å². The second-order valence-corrected chi connectivity index (χ2v) is 4.22. The number of carboxylic acids is 1. The summed E-state index contributed by atoms with van der Waals surface area (Å²) in [4.78, 5) is 35.3. The number of carboxylic acid groups (broad SMARTS) is 1. The molecule has 9 heteroatoms. The van der Waals surface area contributed by atoms with Crippen LogP contribution in [0.25, 0.3) is 0 Å². The molecule has 0 saturated carbocycles. The maximum atomic E-state index is 11.7. The normalized spacial score (nSPS) is 16.4. The van der Waals surface area contributed by atoms with E-state index >= 15 is 0 Å². The Morgan fingerprint density at radius 2 is 1.90 bits per heavy atom. The molecule has 0 aromatic heterocycles. The molecular weight excluding hydrogens is 270 g/mol. The summed E-state index contributed by atoms with van der Waals surface area (Å²) in [7, 11) is 0. The molecule has 4 N–H and O–H groups in total. The van der Waals surface area contributed by atoms with Crippen LogP contribution in [0, 0.1) is 0 Å². The molecule has 0 aromatic rings. The van der Waals surface area contributed by atoms with Crippen molar-refractivity contribution in [1.82, 2.24) is 15.5 Å². The Morgan fingerprint density at radius 1 is 1.25 bits per heavy atom. The summed E-state index contributed by atoms with van der Waals surface area (Å²) in [6, 6.07) is -2.09. The van der Waals surface area contributed by atoms with E-state index < -0.39 is 24.6 Å². The molecule has 114 valence electrons. The monoisotopic (exact) mass is 289 g/mol. The van der Waals surface area contributed by atoms with Crippen LogP contribution in [-0.4, -0.2) is 78.5 Å². The lowest BCUT2D eigenvalue weighted by Gasteiger charge is -2.26. The standard InChI is InChI=1S/C11H19N3O6/c15-7-8(10(17)18)13-11(19)12-2-1-9(16)14-3-5-20-6-4-14/h8,15H,1-7H2,(H,17,18)(H2,12,13,19)/t8-/m0/s1. The lowest BCUT2D eigenvalue weighted by atomic mass is 10.3. The summed E-state index contributed by atoms with van der Waals surface area (Å²) in [6.45, 7) is 1.50. The molecule has 1 fully saturated rings. The summed E-state index contributed by atoms with van der Waals surface area (Å²) < 4.78 is 5.12. The lowest BCUT2D eigenvalue weighted by molar-refractivity contribution is -0.140. The fraction of sp³-hybridized carbons (Fsp3) is 0.727. The molecule has 9 nitrogen and oxygen atoms in total. The first-order valence-electron chi connectivity index (χ1n) is 6.28. The van der Waals surface area contributed by atoms with E-state index in [4.69, 9.17) is 14.9 Å². The third kappa shape index (κ3) is 5.41. The van der Waals surface area contributed by atoms with Crippen LogP contribution in [0.15, 0.2) is 0 Å². The molecule has 0 radical (unpaired) electrons. The van der Waals surface area contributed by atoms with E-state index in [-0.39, 0.29) is 18.9 Å². The predicted molar refractivity (Wildman–Crippen MR) is 67.1 cm³/mol. The number of ether oxygens (including phenoxy) is 1. The van der Waals surface area contributed by atoms with E-state index in [1.807, 2.05) is 0 Å². The largest absolute Gasteiger partial charge is 0.480 e. The number of nitrogens with zero attached hydrogens (tertiary/aromatic N) is 1. The minimum Gasteiger partial charge on any atom is -0.480 e. The first-order chi connectivity index (χ1) is 9.54. The van der Waals surface area contributed by atoms with E-state index in [1.54, 1.807) is 4.90 Å². The van der Waals surface area contributed by atoms with Crippen molar-refractivity contribution in [1.29, 1.82) is 0 Å². The van der Waals surface area contributed by atoms with Gasteiger partial charge in [-0.2, -0.15) is 0 Å². The minimum atomic E-state index is -1.36. The Balaban J connectivity index is 2.20. The molecule has 1 rings (SSSR count). The molecule has 0 bridgehead atoms. The molecule has 1 atom stereocenters. The number of aliphatic hydroxyl groups is 1. The first-order valence-corrected chi connectivity index (χ1v) is 6.28. The maximum Gasteiger partial charge on any atom is 0.328 e. The average Bonchev–Trinajstić information content (AvgIpc) is 2.45. The van der Waals surface area contributed by atoms with Gasteiger partial charge in [0, 0.05) is 26.1 Å². The zero-order chi connectivity index (χ0) is 15.0. The molecule has 0 unspecified atom stereocenters. The highest BCUT2D eigenvalue weighted by atomic mass is 16.5. The van der Waals surface area contributed by atoms with Crippen molar-refractivity contribution >= 4 is 17.9 Å². The Hall–Kier alpha value is -1.87. The highest BCUT2D eigenvalue weighted by molar-refractivity contribution is 5.83. The van der Waals surface area contributed by atoms with E-state index in [1.165, 1.54) is 0 Å². The number of rotatable bonds is 6. The van der Waals surface area contributed by atoms with Crippen LogP contribution < -0.4 is 10.6 Å². The second kappa shape index (κ2) is 8.33. The smallest absolute Gasteiger partial charge is 0.328 e. The van der Waals surface area contributed by atoms with Gasteiger partial charge in [0.25, 0.3) is 0 Å². The Bertz CT molecular complexity index is 356. The minimum absolute atomic E-state index is 0.0921. The molecular formula is C11H19N3O6. The van der Waals surface area contributed by atoms with Gasteiger partial charge in [-0.3, -0.25) is 4.79 Å². The van der Waals surface area contributed by atoms with Gasteiger partial charge in [0.15, 0.2) is 6.04 Å². The summed E-state index contributed by atoms with van der Waals surface area (Å²) in [5.74, 6) is -1.42. The van der Waals surface area contributed by atoms with E-state index in [2.05, 4.69) is 10.6 Å². The number of hydrogen-bond acceptors (Lipinski definition) is 5. The number of carbonyl (C=O) groups excluding carboxylic acids is 2. The van der Waals surface area contributed by atoms with E-state index in [0.717, 1.165) is 0 Å². The zero-order valence-corrected chi connectivity index (χ0v) is 11.0. The Kier molecular flexibility index (Phi) is 6.74. The van der Waals surface area contributed by atoms with Crippen molar-refractivity contribution in [3.8, 4) is 0 Å². The zero-order valence-electron chi connectivity index (χ0n) is 11.0. The molecule has 0 aliphatic carbocycles. The highest BCUT2D eigenvalue weighted by Crippen LogP contribution is 1.99. The van der Waals surface area contributed by atoms with Crippen molar-refractivity contribution < 1.29 is 29.3 Å². The van der Waals surface area contributed by atoms with Gasteiger partial charge < -0.3 is 30.5 Å². The van der Waals surface area contributed by atoms with Gasteiger partial charge >= 0.3 is 12.0 Å². The fourth-order valence-corrected chi connectivity index (χ4v) is 1.65. The van der Waals surface area contributed by atoms with Crippen LogP contribution >= 0.6 is 0 Å². The van der Waals surface area contributed by atoms with E-state index in [9.17, 15) is 14.4 Å². The third-order valence-corrected chi connectivity index (χ3v) is 2.77. The second-order valence-electron chi connectivity index (χ2n) is 4.22. The number of urea groups is 1. The van der Waals surface area contributed by atoms with Crippen molar-refractivity contribution in [3.05, 3.63) is 0 Å². The number of hydrogen-bond donors (Lipinski definition) is 4. The van der Waals surface area contributed by atoms with Crippen LogP contribution in [0.2, 0.25) is 0 Å². The number of nitrogens with one attached hydrogen (secondary N) is 2. The Morgan fingerprint density at radius 3 is 2.45 bits per heavy atom. The van der Waals surface area contributed by atoms with Crippen molar-refractivity contribution in [2.45, 2.75) is 12.5 Å². The molecule has 20 heavy (non-hydrogen) atoms. The SMILES string of the molecule is O=C(NCCC(=O)N1CCOCC1)N[C@@H](CO)C(=O)O. The molecule has 3 amide bonds. The number of morpholine rings is 1. The molecule has 0 spiro atoms. The summed E-state index contributed by atoms with van der Waals surface area (Å²) >= 11 is 0. The molecule has 1 heterocycles. The predicted octanol–water partition coefficient (Wildman–Crippen LogP) is -2.02. The molecule has 1 saturated heterocycles. The van der Waals surface area contributed by atoms with Gasteiger partial charge in [0.1, 0.15) is 0 Å². The molecule has 1 aliphatic rings. The van der Waals surface area contributed by atoms with Crippen LogP contribution in [0.1, 0.15) is 6.42 Å². The Labute approximate surface area is 115 Å². The van der Waals surface area contributed by atoms with Gasteiger partial charge in [-0.25, -0.2) is 9.59 Å². The summed E-state index contributed by atoms with van der Waals surface area (Å²) in [5, 5.41) is 21.8. The first kappa shape index (κ1) is 16.2. The quantitative estimate of drug-likeness (QED) is 0.447. The molecule has 1 aliphatic heterocycles. The lowest BCUT2D eigenvalue weighted by Crippen LogP contribution is -2.48. The van der Waals surface area contributed by atoms with Crippen molar-refractivity contribution in [2.24, 2.45) is 0 Å².